The molecule has 0 aliphatic rings. The van der Waals surface area contributed by atoms with Crippen molar-refractivity contribution >= 4 is 5.91 Å². The summed E-state index contributed by atoms with van der Waals surface area (Å²) in [6.45, 7) is 4.26. The van der Waals surface area contributed by atoms with Crippen molar-refractivity contribution in [3.63, 3.8) is 0 Å². The van der Waals surface area contributed by atoms with Gasteiger partial charge in [-0.25, -0.2) is 4.39 Å². The van der Waals surface area contributed by atoms with Crippen LogP contribution in [0.4, 0.5) is 4.39 Å². The first-order valence-corrected chi connectivity index (χ1v) is 7.29. The molecule has 0 bridgehead atoms. The van der Waals surface area contributed by atoms with E-state index in [1.165, 1.54) is 29.8 Å². The summed E-state index contributed by atoms with van der Waals surface area (Å²) in [5.74, 6) is -0.181. The van der Waals surface area contributed by atoms with Gasteiger partial charge in [0, 0.05) is 12.1 Å². The zero-order valence-corrected chi connectivity index (χ0v) is 12.7. The van der Waals surface area contributed by atoms with Crippen LogP contribution in [-0.2, 0) is 0 Å². The summed E-state index contributed by atoms with van der Waals surface area (Å²) in [5, 5.41) is 12.7. The molecule has 2 aromatic carbocycles. The van der Waals surface area contributed by atoms with E-state index in [0.717, 1.165) is 0 Å². The fraction of sp³-hybridized carbons (Fsp3) is 0.278. The normalized spacial score (nSPS) is 12.2. The number of nitrogens with one attached hydrogen (secondary N) is 1. The van der Waals surface area contributed by atoms with Crippen LogP contribution in [0.5, 0.6) is 0 Å². The van der Waals surface area contributed by atoms with Crippen LogP contribution >= 0.6 is 0 Å². The molecule has 0 fully saturated rings. The summed E-state index contributed by atoms with van der Waals surface area (Å²) in [6, 6.07) is 13.0. The van der Waals surface area contributed by atoms with E-state index in [1.807, 2.05) is 12.1 Å². The maximum Gasteiger partial charge on any atom is 0.251 e. The fourth-order valence-corrected chi connectivity index (χ4v) is 2.11. The quantitative estimate of drug-likeness (QED) is 0.889. The number of carbonyl (C=O) groups excluding carboxylic acids is 1. The molecule has 2 N–H and O–H groups in total. The second kappa shape index (κ2) is 7.18. The van der Waals surface area contributed by atoms with Crippen molar-refractivity contribution in [2.45, 2.75) is 25.9 Å². The Hall–Kier alpha value is -2.20. The summed E-state index contributed by atoms with van der Waals surface area (Å²) < 4.78 is 12.8. The van der Waals surface area contributed by atoms with Gasteiger partial charge in [-0.2, -0.15) is 0 Å². The Bertz CT molecular complexity index is 621. The molecule has 4 heteroatoms. The van der Waals surface area contributed by atoms with Gasteiger partial charge >= 0.3 is 0 Å². The topological polar surface area (TPSA) is 49.3 Å². The van der Waals surface area contributed by atoms with Gasteiger partial charge in [-0.3, -0.25) is 4.79 Å². The van der Waals surface area contributed by atoms with Gasteiger partial charge in [-0.15, -0.1) is 0 Å². The number of hydrogen-bond acceptors (Lipinski definition) is 2. The Balaban J connectivity index is 1.93. The van der Waals surface area contributed by atoms with Crippen molar-refractivity contribution in [2.24, 2.45) is 0 Å². The van der Waals surface area contributed by atoms with Crippen LogP contribution in [-0.4, -0.2) is 17.6 Å². The van der Waals surface area contributed by atoms with E-state index in [0.29, 0.717) is 17.0 Å². The highest BCUT2D eigenvalue weighted by Crippen LogP contribution is 2.15. The molecule has 0 aromatic heterocycles. The van der Waals surface area contributed by atoms with Crippen molar-refractivity contribution in [3.8, 4) is 0 Å². The lowest BCUT2D eigenvalue weighted by molar-refractivity contribution is 0.0916. The van der Waals surface area contributed by atoms with Gasteiger partial charge in [0.05, 0.1) is 6.10 Å². The number of carbonyl (C=O) groups is 1. The standard InChI is InChI=1S/C18H20FNO2/c1-12(2)13-3-5-15(6-4-13)18(22)20-11-17(21)14-7-9-16(19)10-8-14/h3-10,12,17,21H,11H2,1-2H3,(H,20,22). The minimum atomic E-state index is -0.862. The third kappa shape index (κ3) is 4.15. The highest BCUT2D eigenvalue weighted by atomic mass is 19.1. The van der Waals surface area contributed by atoms with E-state index in [9.17, 15) is 14.3 Å². The van der Waals surface area contributed by atoms with Crippen molar-refractivity contribution in [3.05, 3.63) is 71.0 Å². The minimum absolute atomic E-state index is 0.0798. The van der Waals surface area contributed by atoms with Gasteiger partial charge in [0.2, 0.25) is 0 Å². The zero-order chi connectivity index (χ0) is 16.1. The highest BCUT2D eigenvalue weighted by Gasteiger charge is 2.11. The predicted molar refractivity (Wildman–Crippen MR) is 84.2 cm³/mol. The molecule has 22 heavy (non-hydrogen) atoms. The average Bonchev–Trinajstić information content (AvgIpc) is 2.53. The smallest absolute Gasteiger partial charge is 0.251 e. The third-order valence-corrected chi connectivity index (χ3v) is 3.55. The summed E-state index contributed by atoms with van der Waals surface area (Å²) in [6.07, 6.45) is -0.862. The second-order valence-corrected chi connectivity index (χ2v) is 5.55. The number of aliphatic hydroxyl groups excluding tert-OH is 1. The van der Waals surface area contributed by atoms with Gasteiger partial charge in [0.1, 0.15) is 5.82 Å². The van der Waals surface area contributed by atoms with E-state index in [1.54, 1.807) is 12.1 Å². The van der Waals surface area contributed by atoms with E-state index < -0.39 is 6.10 Å². The molecule has 0 saturated heterocycles. The molecule has 3 nitrogen and oxygen atoms in total. The molecule has 0 radical (unpaired) electrons. The Labute approximate surface area is 129 Å². The van der Waals surface area contributed by atoms with E-state index in [-0.39, 0.29) is 18.3 Å². The zero-order valence-electron chi connectivity index (χ0n) is 12.7. The molecule has 0 aliphatic heterocycles. The maximum absolute atomic E-state index is 12.8. The van der Waals surface area contributed by atoms with E-state index in [4.69, 9.17) is 0 Å². The Morgan fingerprint density at radius 3 is 2.14 bits per heavy atom. The number of benzene rings is 2. The Morgan fingerprint density at radius 2 is 1.59 bits per heavy atom. The molecule has 2 rings (SSSR count). The minimum Gasteiger partial charge on any atom is -0.387 e. The molecule has 0 spiro atoms. The fourth-order valence-electron chi connectivity index (χ4n) is 2.11. The lowest BCUT2D eigenvalue weighted by Gasteiger charge is -2.13. The first kappa shape index (κ1) is 16.2. The van der Waals surface area contributed by atoms with Crippen LogP contribution in [0.15, 0.2) is 48.5 Å². The van der Waals surface area contributed by atoms with Gasteiger partial charge in [-0.1, -0.05) is 38.1 Å². The summed E-state index contributed by atoms with van der Waals surface area (Å²) >= 11 is 0. The van der Waals surface area contributed by atoms with Gasteiger partial charge in [0.15, 0.2) is 0 Å². The highest BCUT2D eigenvalue weighted by molar-refractivity contribution is 5.94. The first-order valence-electron chi connectivity index (χ1n) is 7.29. The van der Waals surface area contributed by atoms with Gasteiger partial charge < -0.3 is 10.4 Å². The monoisotopic (exact) mass is 301 g/mol. The predicted octanol–water partition coefficient (Wildman–Crippen LogP) is 3.41. The molecule has 116 valence electrons. The van der Waals surface area contributed by atoms with Crippen molar-refractivity contribution in [1.29, 1.82) is 0 Å². The second-order valence-electron chi connectivity index (χ2n) is 5.55. The van der Waals surface area contributed by atoms with Crippen LogP contribution in [0.25, 0.3) is 0 Å². The molecule has 0 heterocycles. The molecular formula is C18H20FNO2. The van der Waals surface area contributed by atoms with Crippen molar-refractivity contribution in [1.82, 2.24) is 5.32 Å². The summed E-state index contributed by atoms with van der Waals surface area (Å²) in [7, 11) is 0. The average molecular weight is 301 g/mol. The number of halogens is 1. The Morgan fingerprint density at radius 1 is 1.05 bits per heavy atom. The molecule has 1 atom stereocenters. The van der Waals surface area contributed by atoms with Gasteiger partial charge in [-0.05, 0) is 41.3 Å². The lowest BCUT2D eigenvalue weighted by Crippen LogP contribution is -2.28. The van der Waals surface area contributed by atoms with Crippen molar-refractivity contribution < 1.29 is 14.3 Å². The largest absolute Gasteiger partial charge is 0.387 e. The molecule has 1 unspecified atom stereocenters. The number of rotatable bonds is 5. The van der Waals surface area contributed by atoms with Gasteiger partial charge in [0.25, 0.3) is 5.91 Å². The SMILES string of the molecule is CC(C)c1ccc(C(=O)NCC(O)c2ccc(F)cc2)cc1. The van der Waals surface area contributed by atoms with Crippen LogP contribution in [0.3, 0.4) is 0 Å². The molecule has 2 aromatic rings. The number of amides is 1. The molecular weight excluding hydrogens is 281 g/mol. The lowest BCUT2D eigenvalue weighted by atomic mass is 10.0. The summed E-state index contributed by atoms with van der Waals surface area (Å²) in [5.41, 5.74) is 2.29. The van der Waals surface area contributed by atoms with Crippen LogP contribution in [0, 0.1) is 5.82 Å². The van der Waals surface area contributed by atoms with E-state index >= 15 is 0 Å². The van der Waals surface area contributed by atoms with Crippen LogP contribution in [0.1, 0.15) is 47.4 Å². The molecule has 0 aliphatic carbocycles. The van der Waals surface area contributed by atoms with Crippen LogP contribution < -0.4 is 5.32 Å². The van der Waals surface area contributed by atoms with E-state index in [2.05, 4.69) is 19.2 Å². The summed E-state index contributed by atoms with van der Waals surface area (Å²) in [4.78, 5) is 12.0. The third-order valence-electron chi connectivity index (χ3n) is 3.55. The van der Waals surface area contributed by atoms with Crippen molar-refractivity contribution in [2.75, 3.05) is 6.54 Å². The maximum atomic E-state index is 12.8. The first-order chi connectivity index (χ1) is 10.5. The number of hydrogen-bond donors (Lipinski definition) is 2. The number of aliphatic hydroxyl groups is 1. The molecule has 1 amide bonds. The van der Waals surface area contributed by atoms with Crippen LogP contribution in [0.2, 0.25) is 0 Å². The Kier molecular flexibility index (Phi) is 5.28. The molecule has 0 saturated carbocycles.